The number of nitrogens with zero attached hydrogens (tertiary/aromatic N) is 3. The number of pyridine rings is 1. The molecule has 0 radical (unpaired) electrons. The SMILES string of the molecule is Cc1cc(-c2c(F)cc(N3C[C@@H](C)O[C@@H](C)C3)cc2CC#N)cc(C)n1. The number of ether oxygens (including phenoxy) is 1. The van der Waals surface area contributed by atoms with Crippen LogP contribution >= 0.6 is 0 Å². The Bertz CT molecular complexity index is 829. The number of aryl methyl sites for hydroxylation is 2. The highest BCUT2D eigenvalue weighted by Crippen LogP contribution is 2.33. The smallest absolute Gasteiger partial charge is 0.133 e. The number of anilines is 1. The molecular weight excluding hydrogens is 329 g/mol. The van der Waals surface area contributed by atoms with Gasteiger partial charge in [-0.1, -0.05) is 0 Å². The molecule has 0 aliphatic carbocycles. The van der Waals surface area contributed by atoms with Crippen LogP contribution in [0.25, 0.3) is 11.1 Å². The van der Waals surface area contributed by atoms with E-state index in [2.05, 4.69) is 16.0 Å². The zero-order chi connectivity index (χ0) is 18.8. The minimum absolute atomic E-state index is 0.0893. The first-order valence-electron chi connectivity index (χ1n) is 8.92. The lowest BCUT2D eigenvalue weighted by molar-refractivity contribution is -0.00523. The number of halogens is 1. The van der Waals surface area contributed by atoms with Gasteiger partial charge in [0.05, 0.1) is 24.7 Å². The number of nitriles is 1. The molecule has 0 bridgehead atoms. The first-order valence-corrected chi connectivity index (χ1v) is 8.92. The van der Waals surface area contributed by atoms with Crippen LogP contribution in [-0.2, 0) is 11.2 Å². The molecule has 0 N–H and O–H groups in total. The normalized spacial score (nSPS) is 20.1. The standard InChI is InChI=1S/C21H24FN3O/c1-13-7-18(8-14(2)24-13)21-17(5-6-23)9-19(10-20(21)22)25-11-15(3)26-16(4)12-25/h7-10,15-16H,5,11-12H2,1-4H3/t15-,16+. The van der Waals surface area contributed by atoms with Gasteiger partial charge in [-0.3, -0.25) is 4.98 Å². The van der Waals surface area contributed by atoms with Crippen molar-refractivity contribution in [1.82, 2.24) is 4.98 Å². The van der Waals surface area contributed by atoms with Gasteiger partial charge in [-0.15, -0.1) is 0 Å². The van der Waals surface area contributed by atoms with Crippen molar-refractivity contribution < 1.29 is 9.13 Å². The predicted octanol–water partition coefficient (Wildman–Crippen LogP) is 4.18. The molecule has 26 heavy (non-hydrogen) atoms. The average Bonchev–Trinajstić information content (AvgIpc) is 2.52. The summed E-state index contributed by atoms with van der Waals surface area (Å²) >= 11 is 0. The number of hydrogen-bond acceptors (Lipinski definition) is 4. The fraction of sp³-hybridized carbons (Fsp3) is 0.429. The van der Waals surface area contributed by atoms with Crippen molar-refractivity contribution in [3.8, 4) is 17.2 Å². The number of morpholine rings is 1. The Kier molecular flexibility index (Phi) is 5.24. The first-order chi connectivity index (χ1) is 12.4. The van der Waals surface area contributed by atoms with Crippen molar-refractivity contribution in [3.63, 3.8) is 0 Å². The minimum atomic E-state index is -0.301. The molecule has 1 aromatic carbocycles. The van der Waals surface area contributed by atoms with E-state index in [1.54, 1.807) is 6.07 Å². The quantitative estimate of drug-likeness (QED) is 0.830. The van der Waals surface area contributed by atoms with Crippen molar-refractivity contribution in [2.75, 3.05) is 18.0 Å². The van der Waals surface area contributed by atoms with Crippen LogP contribution in [-0.4, -0.2) is 30.3 Å². The van der Waals surface area contributed by atoms with Gasteiger partial charge in [-0.05, 0) is 63.1 Å². The van der Waals surface area contributed by atoms with E-state index in [4.69, 9.17) is 4.74 Å². The summed E-state index contributed by atoms with van der Waals surface area (Å²) in [4.78, 5) is 6.50. The Labute approximate surface area is 154 Å². The summed E-state index contributed by atoms with van der Waals surface area (Å²) in [7, 11) is 0. The second-order valence-corrected chi connectivity index (χ2v) is 7.10. The molecule has 1 saturated heterocycles. The second-order valence-electron chi connectivity index (χ2n) is 7.10. The van der Waals surface area contributed by atoms with Crippen molar-refractivity contribution in [1.29, 1.82) is 5.26 Å². The van der Waals surface area contributed by atoms with Gasteiger partial charge < -0.3 is 9.64 Å². The molecule has 2 aromatic rings. The van der Waals surface area contributed by atoms with Gasteiger partial charge >= 0.3 is 0 Å². The van der Waals surface area contributed by atoms with Crippen LogP contribution in [0.5, 0.6) is 0 Å². The maximum atomic E-state index is 15.1. The van der Waals surface area contributed by atoms with E-state index >= 15 is 4.39 Å². The van der Waals surface area contributed by atoms with E-state index in [0.717, 1.165) is 22.6 Å². The largest absolute Gasteiger partial charge is 0.372 e. The second kappa shape index (κ2) is 7.43. The van der Waals surface area contributed by atoms with Gasteiger partial charge in [0.2, 0.25) is 0 Å². The molecule has 2 atom stereocenters. The van der Waals surface area contributed by atoms with Gasteiger partial charge in [0.15, 0.2) is 0 Å². The van der Waals surface area contributed by atoms with E-state index in [9.17, 15) is 5.26 Å². The number of aromatic nitrogens is 1. The summed E-state index contributed by atoms with van der Waals surface area (Å²) in [5.41, 5.74) is 4.45. The predicted molar refractivity (Wildman–Crippen MR) is 101 cm³/mol. The maximum Gasteiger partial charge on any atom is 0.133 e. The maximum absolute atomic E-state index is 15.1. The van der Waals surface area contributed by atoms with Crippen LogP contribution in [0.1, 0.15) is 30.8 Å². The molecule has 2 heterocycles. The van der Waals surface area contributed by atoms with Crippen LogP contribution in [0.15, 0.2) is 24.3 Å². The van der Waals surface area contributed by atoms with Crippen LogP contribution in [0.3, 0.4) is 0 Å². The molecule has 0 unspecified atom stereocenters. The van der Waals surface area contributed by atoms with Crippen molar-refractivity contribution in [3.05, 3.63) is 47.0 Å². The van der Waals surface area contributed by atoms with Gasteiger partial charge in [-0.25, -0.2) is 4.39 Å². The third kappa shape index (κ3) is 3.86. The molecule has 3 rings (SSSR count). The number of rotatable bonds is 3. The van der Waals surface area contributed by atoms with Crippen molar-refractivity contribution >= 4 is 5.69 Å². The van der Waals surface area contributed by atoms with Gasteiger partial charge in [0, 0.05) is 35.7 Å². The fourth-order valence-electron chi connectivity index (χ4n) is 3.75. The lowest BCUT2D eigenvalue weighted by Crippen LogP contribution is -2.45. The monoisotopic (exact) mass is 353 g/mol. The third-order valence-electron chi connectivity index (χ3n) is 4.58. The molecule has 0 spiro atoms. The van der Waals surface area contributed by atoms with E-state index in [0.29, 0.717) is 24.2 Å². The summed E-state index contributed by atoms with van der Waals surface area (Å²) in [5, 5.41) is 9.26. The Morgan fingerprint density at radius 1 is 1.15 bits per heavy atom. The van der Waals surface area contributed by atoms with Crippen LogP contribution in [0, 0.1) is 31.0 Å². The molecular formula is C21H24FN3O. The molecule has 5 heteroatoms. The summed E-state index contributed by atoms with van der Waals surface area (Å²) in [6.45, 7) is 9.25. The Balaban J connectivity index is 2.08. The molecule has 136 valence electrons. The van der Waals surface area contributed by atoms with Crippen molar-refractivity contribution in [2.45, 2.75) is 46.3 Å². The summed E-state index contributed by atoms with van der Waals surface area (Å²) in [6, 6.07) is 9.42. The van der Waals surface area contributed by atoms with Gasteiger partial charge in [0.1, 0.15) is 5.82 Å². The Morgan fingerprint density at radius 2 is 1.77 bits per heavy atom. The zero-order valence-electron chi connectivity index (χ0n) is 15.7. The van der Waals surface area contributed by atoms with Crippen LogP contribution in [0.2, 0.25) is 0 Å². The van der Waals surface area contributed by atoms with Gasteiger partial charge in [-0.2, -0.15) is 5.26 Å². The lowest BCUT2D eigenvalue weighted by atomic mass is 9.95. The summed E-state index contributed by atoms with van der Waals surface area (Å²) < 4.78 is 20.9. The van der Waals surface area contributed by atoms with Crippen LogP contribution in [0.4, 0.5) is 10.1 Å². The van der Waals surface area contributed by atoms with Crippen molar-refractivity contribution in [2.24, 2.45) is 0 Å². The highest BCUT2D eigenvalue weighted by Gasteiger charge is 2.24. The first kappa shape index (κ1) is 18.3. The summed E-state index contributed by atoms with van der Waals surface area (Å²) in [5.74, 6) is -0.301. The summed E-state index contributed by atoms with van der Waals surface area (Å²) in [6.07, 6.45) is 0.341. The minimum Gasteiger partial charge on any atom is -0.372 e. The Hall–Kier alpha value is -2.45. The van der Waals surface area contributed by atoms with E-state index in [1.165, 1.54) is 0 Å². The average molecular weight is 353 g/mol. The molecule has 1 aliphatic heterocycles. The molecule has 0 saturated carbocycles. The topological polar surface area (TPSA) is 49.1 Å². The zero-order valence-corrected chi connectivity index (χ0v) is 15.7. The van der Waals surface area contributed by atoms with E-state index in [1.807, 2.05) is 45.9 Å². The number of hydrogen-bond donors (Lipinski definition) is 0. The highest BCUT2D eigenvalue weighted by molar-refractivity contribution is 5.72. The molecule has 1 aromatic heterocycles. The van der Waals surface area contributed by atoms with Gasteiger partial charge in [0.25, 0.3) is 0 Å². The van der Waals surface area contributed by atoms with E-state index < -0.39 is 0 Å². The molecule has 4 nitrogen and oxygen atoms in total. The lowest BCUT2D eigenvalue weighted by Gasteiger charge is -2.37. The molecule has 1 fully saturated rings. The fourth-order valence-corrected chi connectivity index (χ4v) is 3.75. The number of benzene rings is 1. The Morgan fingerprint density at radius 3 is 2.35 bits per heavy atom. The highest BCUT2D eigenvalue weighted by atomic mass is 19.1. The third-order valence-corrected chi connectivity index (χ3v) is 4.58. The van der Waals surface area contributed by atoms with E-state index in [-0.39, 0.29) is 24.4 Å². The molecule has 0 amide bonds. The molecule has 1 aliphatic rings. The van der Waals surface area contributed by atoms with Crippen LogP contribution < -0.4 is 4.90 Å².